The molecular weight excluding hydrogens is 180 g/mol. The molecule has 0 spiro atoms. The molecule has 2 rings (SSSR count). The van der Waals surface area contributed by atoms with Crippen molar-refractivity contribution in [2.75, 3.05) is 13.2 Å². The highest BCUT2D eigenvalue weighted by Crippen LogP contribution is 2.27. The summed E-state index contributed by atoms with van der Waals surface area (Å²) in [5.74, 6) is 0. The Morgan fingerprint density at radius 1 is 1.64 bits per heavy atom. The van der Waals surface area contributed by atoms with Crippen LogP contribution in [0.25, 0.3) is 0 Å². The van der Waals surface area contributed by atoms with Crippen LogP contribution < -0.4 is 5.73 Å². The first-order valence-corrected chi connectivity index (χ1v) is 4.88. The van der Waals surface area contributed by atoms with E-state index in [0.717, 1.165) is 29.8 Å². The summed E-state index contributed by atoms with van der Waals surface area (Å²) in [5, 5.41) is 9.05. The van der Waals surface area contributed by atoms with Crippen molar-refractivity contribution in [3.63, 3.8) is 0 Å². The molecule has 2 heterocycles. The maximum Gasteiger partial charge on any atom is 0.0737 e. The molecule has 1 aromatic heterocycles. The standard InChI is InChI=1S/C10H16N2O2/c1-6-10(8(11)4-13)7-5-14-3-2-9(7)12-6/h8,12-13H,2-5,11H2,1H3. The number of hydrogen-bond donors (Lipinski definition) is 3. The van der Waals surface area contributed by atoms with Gasteiger partial charge in [-0.2, -0.15) is 0 Å². The van der Waals surface area contributed by atoms with Gasteiger partial charge in [0.05, 0.1) is 25.9 Å². The quantitative estimate of drug-likeness (QED) is 0.640. The molecule has 0 fully saturated rings. The Morgan fingerprint density at radius 3 is 3.14 bits per heavy atom. The SMILES string of the molecule is Cc1[nH]c2c(c1C(N)CO)COCC2. The van der Waals surface area contributed by atoms with Gasteiger partial charge >= 0.3 is 0 Å². The van der Waals surface area contributed by atoms with Gasteiger partial charge in [-0.25, -0.2) is 0 Å². The molecule has 4 nitrogen and oxygen atoms in total. The Bertz CT molecular complexity index is 333. The van der Waals surface area contributed by atoms with E-state index in [4.69, 9.17) is 15.6 Å². The topological polar surface area (TPSA) is 71.3 Å². The average molecular weight is 196 g/mol. The molecule has 14 heavy (non-hydrogen) atoms. The van der Waals surface area contributed by atoms with Gasteiger partial charge in [-0.05, 0) is 12.5 Å². The number of nitrogens with one attached hydrogen (secondary N) is 1. The average Bonchev–Trinajstić information content (AvgIpc) is 2.53. The Labute approximate surface area is 83.1 Å². The summed E-state index contributed by atoms with van der Waals surface area (Å²) in [6.07, 6.45) is 0.911. The molecule has 0 saturated carbocycles. The van der Waals surface area contributed by atoms with Gasteiger partial charge in [0.2, 0.25) is 0 Å². The van der Waals surface area contributed by atoms with E-state index in [9.17, 15) is 0 Å². The maximum absolute atomic E-state index is 9.05. The van der Waals surface area contributed by atoms with Crippen LogP contribution in [0.4, 0.5) is 0 Å². The summed E-state index contributed by atoms with van der Waals surface area (Å²) in [5.41, 5.74) is 10.3. The summed E-state index contributed by atoms with van der Waals surface area (Å²) in [6, 6.07) is -0.295. The van der Waals surface area contributed by atoms with E-state index in [1.165, 1.54) is 5.69 Å². The fraction of sp³-hybridized carbons (Fsp3) is 0.600. The lowest BCUT2D eigenvalue weighted by Gasteiger charge is -2.16. The second-order valence-corrected chi connectivity index (χ2v) is 3.71. The van der Waals surface area contributed by atoms with Crippen LogP contribution in [0.1, 0.15) is 28.6 Å². The fourth-order valence-corrected chi connectivity index (χ4v) is 2.08. The third-order valence-corrected chi connectivity index (χ3v) is 2.74. The Balaban J connectivity index is 2.42. The van der Waals surface area contributed by atoms with Crippen molar-refractivity contribution < 1.29 is 9.84 Å². The van der Waals surface area contributed by atoms with Crippen LogP contribution in [0.3, 0.4) is 0 Å². The predicted octanol–water partition coefficient (Wildman–Crippen LogP) is 0.388. The van der Waals surface area contributed by atoms with Crippen molar-refractivity contribution in [2.45, 2.75) is 26.0 Å². The normalized spacial score (nSPS) is 17.9. The minimum absolute atomic E-state index is 0.0227. The first-order chi connectivity index (χ1) is 6.74. The number of hydrogen-bond acceptors (Lipinski definition) is 3. The van der Waals surface area contributed by atoms with E-state index >= 15 is 0 Å². The van der Waals surface area contributed by atoms with Gasteiger partial charge in [-0.15, -0.1) is 0 Å². The summed E-state index contributed by atoms with van der Waals surface area (Å²) in [7, 11) is 0. The van der Waals surface area contributed by atoms with Gasteiger partial charge in [-0.1, -0.05) is 0 Å². The first kappa shape index (κ1) is 9.71. The molecule has 0 aromatic carbocycles. The number of aromatic nitrogens is 1. The molecule has 78 valence electrons. The highest BCUT2D eigenvalue weighted by Gasteiger charge is 2.21. The molecule has 4 heteroatoms. The zero-order chi connectivity index (χ0) is 10.1. The van der Waals surface area contributed by atoms with Gasteiger partial charge in [0.15, 0.2) is 0 Å². The number of aliphatic hydroxyl groups is 1. The number of nitrogens with two attached hydrogens (primary N) is 1. The van der Waals surface area contributed by atoms with E-state index in [2.05, 4.69) is 4.98 Å². The molecule has 1 aliphatic heterocycles. The van der Waals surface area contributed by atoms with Gasteiger partial charge in [0.1, 0.15) is 0 Å². The van der Waals surface area contributed by atoms with Crippen LogP contribution in [-0.4, -0.2) is 23.3 Å². The van der Waals surface area contributed by atoms with Crippen LogP contribution in [0, 0.1) is 6.92 Å². The van der Waals surface area contributed by atoms with Crippen LogP contribution in [0.15, 0.2) is 0 Å². The Kier molecular flexibility index (Phi) is 2.58. The Morgan fingerprint density at radius 2 is 2.43 bits per heavy atom. The number of H-pyrrole nitrogens is 1. The number of aryl methyl sites for hydroxylation is 1. The molecule has 0 radical (unpaired) electrons. The van der Waals surface area contributed by atoms with Crippen LogP contribution in [0.2, 0.25) is 0 Å². The molecule has 1 unspecified atom stereocenters. The molecule has 1 atom stereocenters. The van der Waals surface area contributed by atoms with E-state index in [-0.39, 0.29) is 12.6 Å². The summed E-state index contributed by atoms with van der Waals surface area (Å²) in [6.45, 7) is 3.35. The lowest BCUT2D eigenvalue weighted by atomic mass is 10.0. The van der Waals surface area contributed by atoms with E-state index in [1.807, 2.05) is 6.92 Å². The van der Waals surface area contributed by atoms with E-state index < -0.39 is 0 Å². The van der Waals surface area contributed by atoms with Crippen molar-refractivity contribution >= 4 is 0 Å². The fourth-order valence-electron chi connectivity index (χ4n) is 2.08. The largest absolute Gasteiger partial charge is 0.394 e. The maximum atomic E-state index is 9.05. The van der Waals surface area contributed by atoms with E-state index in [0.29, 0.717) is 6.61 Å². The van der Waals surface area contributed by atoms with Crippen LogP contribution in [0.5, 0.6) is 0 Å². The van der Waals surface area contributed by atoms with Crippen LogP contribution in [-0.2, 0) is 17.8 Å². The first-order valence-electron chi connectivity index (χ1n) is 4.88. The van der Waals surface area contributed by atoms with Crippen molar-refractivity contribution in [1.82, 2.24) is 4.98 Å². The van der Waals surface area contributed by atoms with E-state index in [1.54, 1.807) is 0 Å². The lowest BCUT2D eigenvalue weighted by Crippen LogP contribution is -2.18. The van der Waals surface area contributed by atoms with Crippen molar-refractivity contribution in [1.29, 1.82) is 0 Å². The number of aromatic amines is 1. The molecule has 1 aliphatic rings. The third-order valence-electron chi connectivity index (χ3n) is 2.74. The Hall–Kier alpha value is -0.840. The highest BCUT2D eigenvalue weighted by molar-refractivity contribution is 5.39. The number of fused-ring (bicyclic) bond motifs is 1. The smallest absolute Gasteiger partial charge is 0.0737 e. The third kappa shape index (κ3) is 1.45. The predicted molar refractivity (Wildman–Crippen MR) is 52.9 cm³/mol. The molecule has 4 N–H and O–H groups in total. The molecule has 0 bridgehead atoms. The summed E-state index contributed by atoms with van der Waals surface area (Å²) < 4.78 is 5.39. The summed E-state index contributed by atoms with van der Waals surface area (Å²) >= 11 is 0. The van der Waals surface area contributed by atoms with Crippen molar-refractivity contribution in [3.05, 3.63) is 22.5 Å². The van der Waals surface area contributed by atoms with Gasteiger partial charge in [0.25, 0.3) is 0 Å². The molecule has 0 saturated heterocycles. The summed E-state index contributed by atoms with van der Waals surface area (Å²) in [4.78, 5) is 3.31. The molecule has 0 amide bonds. The van der Waals surface area contributed by atoms with Gasteiger partial charge in [0, 0.05) is 23.4 Å². The van der Waals surface area contributed by atoms with Gasteiger partial charge < -0.3 is 20.6 Å². The molecular formula is C10H16N2O2. The molecule has 1 aromatic rings. The number of rotatable bonds is 2. The molecule has 0 aliphatic carbocycles. The monoisotopic (exact) mass is 196 g/mol. The minimum atomic E-state index is -0.295. The second-order valence-electron chi connectivity index (χ2n) is 3.71. The second kappa shape index (κ2) is 3.73. The lowest BCUT2D eigenvalue weighted by molar-refractivity contribution is 0.109. The van der Waals surface area contributed by atoms with Crippen LogP contribution >= 0.6 is 0 Å². The zero-order valence-corrected chi connectivity index (χ0v) is 8.34. The number of aliphatic hydroxyl groups excluding tert-OH is 1. The number of ether oxygens (including phenoxy) is 1. The zero-order valence-electron chi connectivity index (χ0n) is 8.34. The van der Waals surface area contributed by atoms with Crippen molar-refractivity contribution in [2.24, 2.45) is 5.73 Å². The van der Waals surface area contributed by atoms with Crippen molar-refractivity contribution in [3.8, 4) is 0 Å². The minimum Gasteiger partial charge on any atom is -0.394 e. The van der Waals surface area contributed by atoms with Gasteiger partial charge in [-0.3, -0.25) is 0 Å². The highest BCUT2D eigenvalue weighted by atomic mass is 16.5.